The first-order chi connectivity index (χ1) is 19.7. The molecule has 6 heteroatoms. The number of benzene rings is 3. The number of amides is 1. The van der Waals surface area contributed by atoms with Gasteiger partial charge in [-0.1, -0.05) is 43.7 Å². The number of nitrogens with zero attached hydrogens (tertiary/aromatic N) is 1. The van der Waals surface area contributed by atoms with Crippen LogP contribution in [0.4, 0.5) is 0 Å². The first kappa shape index (κ1) is 31.6. The Bertz CT molecular complexity index is 1400. The van der Waals surface area contributed by atoms with E-state index < -0.39 is 0 Å². The number of Topliss-reactive ketones (excluding diaryl/α,β-unsaturated/α-hetero) is 1. The van der Waals surface area contributed by atoms with Crippen molar-refractivity contribution in [1.82, 2.24) is 10.2 Å². The van der Waals surface area contributed by atoms with Crippen molar-refractivity contribution in [2.24, 2.45) is 5.92 Å². The Balaban J connectivity index is 1.57. The number of hydrogen-bond donors (Lipinski definition) is 2. The maximum atomic E-state index is 12.9. The molecule has 41 heavy (non-hydrogen) atoms. The van der Waals surface area contributed by atoms with Gasteiger partial charge in [-0.25, -0.2) is 0 Å². The third-order valence-corrected chi connectivity index (χ3v) is 7.29. The van der Waals surface area contributed by atoms with Crippen LogP contribution in [-0.4, -0.2) is 48.4 Å². The predicted octanol–water partition coefficient (Wildman–Crippen LogP) is 5.37. The van der Waals surface area contributed by atoms with E-state index in [2.05, 4.69) is 29.9 Å². The lowest BCUT2D eigenvalue weighted by molar-refractivity contribution is 0.0942. The molecule has 0 aliphatic carbocycles. The summed E-state index contributed by atoms with van der Waals surface area (Å²) in [4.78, 5) is 27.5. The molecule has 3 rings (SSSR count). The third-order valence-electron chi connectivity index (χ3n) is 7.29. The Morgan fingerprint density at radius 1 is 1.00 bits per heavy atom. The summed E-state index contributed by atoms with van der Waals surface area (Å²) in [6, 6.07) is 18.9. The summed E-state index contributed by atoms with van der Waals surface area (Å²) in [5.41, 5.74) is 3.34. The van der Waals surface area contributed by atoms with Crippen LogP contribution >= 0.6 is 0 Å². The van der Waals surface area contributed by atoms with Gasteiger partial charge in [0.05, 0.1) is 6.61 Å². The molecule has 3 aromatic rings. The van der Waals surface area contributed by atoms with Crippen molar-refractivity contribution in [1.29, 1.82) is 0 Å². The summed E-state index contributed by atoms with van der Waals surface area (Å²) in [7, 11) is 2.05. The average molecular weight is 557 g/mol. The summed E-state index contributed by atoms with van der Waals surface area (Å²) in [5, 5.41) is 13.6. The van der Waals surface area contributed by atoms with Crippen molar-refractivity contribution < 1.29 is 19.4 Å². The highest BCUT2D eigenvalue weighted by Gasteiger charge is 2.14. The van der Waals surface area contributed by atoms with E-state index in [9.17, 15) is 9.59 Å². The van der Waals surface area contributed by atoms with Gasteiger partial charge in [-0.05, 0) is 92.3 Å². The Morgan fingerprint density at radius 2 is 1.66 bits per heavy atom. The van der Waals surface area contributed by atoms with Gasteiger partial charge >= 0.3 is 0 Å². The summed E-state index contributed by atoms with van der Waals surface area (Å²) >= 11 is 0. The van der Waals surface area contributed by atoms with Gasteiger partial charge in [0.15, 0.2) is 5.78 Å². The zero-order chi connectivity index (χ0) is 29.8. The summed E-state index contributed by atoms with van der Waals surface area (Å²) in [5.74, 6) is 1.89. The zero-order valence-electron chi connectivity index (χ0n) is 24.9. The second-order valence-corrected chi connectivity index (χ2v) is 10.8. The van der Waals surface area contributed by atoms with Gasteiger partial charge in [0.2, 0.25) is 0 Å². The first-order valence-electron chi connectivity index (χ1n) is 14.5. The van der Waals surface area contributed by atoms with Crippen molar-refractivity contribution in [3.05, 3.63) is 93.4 Å². The molecule has 1 amide bonds. The molecule has 0 fully saturated rings. The number of carbonyl (C=O) groups is 2. The summed E-state index contributed by atoms with van der Waals surface area (Å²) in [6.07, 6.45) is 6.53. The molecule has 0 heterocycles. The molecule has 0 bridgehead atoms. The maximum Gasteiger partial charge on any atom is 0.251 e. The second-order valence-electron chi connectivity index (χ2n) is 10.8. The number of aryl methyl sites for hydroxylation is 1. The minimum Gasteiger partial charge on any atom is -0.457 e. The second kappa shape index (κ2) is 15.8. The average Bonchev–Trinajstić information content (AvgIpc) is 2.95. The Labute approximate surface area is 244 Å². The van der Waals surface area contributed by atoms with E-state index in [1.165, 1.54) is 5.56 Å². The minimum absolute atomic E-state index is 0.0971. The molecule has 1 unspecified atom stereocenters. The lowest BCUT2D eigenvalue weighted by Crippen LogP contribution is -2.35. The number of hydrogen-bond acceptors (Lipinski definition) is 5. The van der Waals surface area contributed by atoms with Crippen LogP contribution in [0.25, 0.3) is 12.8 Å². The van der Waals surface area contributed by atoms with Gasteiger partial charge in [0, 0.05) is 49.1 Å². The molecule has 218 valence electrons. The van der Waals surface area contributed by atoms with E-state index in [4.69, 9.17) is 9.84 Å². The van der Waals surface area contributed by atoms with Crippen LogP contribution in [0.2, 0.25) is 0 Å². The standard InChI is InChI=1S/C35H44N2O4/c1-6-8-28(23-37(5)24-33-26(3)13-20-32(27(33)4)35(40)36-21-22-38)9-7-10-34(39)29-14-18-31(19-15-29)41-30-16-11-25(2)12-17-30/h11-20,24,28,38H,3,6-10,21-23H2,1-2,4-5H3,(H,36,40)/b33-24+. The van der Waals surface area contributed by atoms with E-state index in [0.717, 1.165) is 54.0 Å². The molecule has 6 nitrogen and oxygen atoms in total. The van der Waals surface area contributed by atoms with Crippen molar-refractivity contribution in [3.63, 3.8) is 0 Å². The summed E-state index contributed by atoms with van der Waals surface area (Å²) < 4.78 is 5.88. The van der Waals surface area contributed by atoms with Gasteiger partial charge in [-0.15, -0.1) is 0 Å². The van der Waals surface area contributed by atoms with E-state index >= 15 is 0 Å². The van der Waals surface area contributed by atoms with Gasteiger partial charge < -0.3 is 20.1 Å². The van der Waals surface area contributed by atoms with E-state index in [1.807, 2.05) is 75.5 Å². The lowest BCUT2D eigenvalue weighted by Gasteiger charge is -2.23. The van der Waals surface area contributed by atoms with Crippen molar-refractivity contribution in [3.8, 4) is 11.5 Å². The highest BCUT2D eigenvalue weighted by Crippen LogP contribution is 2.23. The molecule has 0 aliphatic heterocycles. The van der Waals surface area contributed by atoms with Crippen LogP contribution in [0.5, 0.6) is 11.5 Å². The smallest absolute Gasteiger partial charge is 0.251 e. The van der Waals surface area contributed by atoms with Gasteiger partial charge in [0.1, 0.15) is 11.5 Å². The number of ether oxygens (including phenoxy) is 1. The Hall–Kier alpha value is -3.90. The summed E-state index contributed by atoms with van der Waals surface area (Å²) in [6.45, 7) is 11.3. The predicted molar refractivity (Wildman–Crippen MR) is 167 cm³/mol. The monoisotopic (exact) mass is 556 g/mol. The quantitative estimate of drug-likeness (QED) is 0.246. The Kier molecular flexibility index (Phi) is 12.2. The lowest BCUT2D eigenvalue weighted by atomic mass is 9.94. The molecule has 0 saturated heterocycles. The van der Waals surface area contributed by atoms with E-state index in [1.54, 1.807) is 6.07 Å². The van der Waals surface area contributed by atoms with Gasteiger partial charge in [-0.3, -0.25) is 9.59 Å². The molecule has 3 aromatic carbocycles. The van der Waals surface area contributed by atoms with E-state index in [-0.39, 0.29) is 24.8 Å². The number of aliphatic hydroxyl groups is 1. The fourth-order valence-corrected chi connectivity index (χ4v) is 5.04. The fraction of sp³-hybridized carbons (Fsp3) is 0.371. The van der Waals surface area contributed by atoms with E-state index in [0.29, 0.717) is 29.2 Å². The van der Waals surface area contributed by atoms with Gasteiger partial charge in [-0.2, -0.15) is 0 Å². The minimum atomic E-state index is -0.198. The molecule has 0 aromatic heterocycles. The number of aliphatic hydroxyl groups excluding tert-OH is 1. The van der Waals surface area contributed by atoms with Crippen molar-refractivity contribution >= 4 is 24.5 Å². The molecule has 1 atom stereocenters. The van der Waals surface area contributed by atoms with Crippen LogP contribution in [0.15, 0.2) is 60.7 Å². The van der Waals surface area contributed by atoms with Crippen LogP contribution in [0.3, 0.4) is 0 Å². The van der Waals surface area contributed by atoms with Crippen LogP contribution in [0.1, 0.15) is 70.9 Å². The van der Waals surface area contributed by atoms with Crippen molar-refractivity contribution in [2.75, 3.05) is 26.7 Å². The molecule has 0 radical (unpaired) electrons. The van der Waals surface area contributed by atoms with Crippen molar-refractivity contribution in [2.45, 2.75) is 52.9 Å². The highest BCUT2D eigenvalue weighted by atomic mass is 16.5. The Morgan fingerprint density at radius 3 is 2.29 bits per heavy atom. The number of nitrogens with one attached hydrogen (secondary N) is 1. The number of rotatable bonds is 15. The molecule has 0 spiro atoms. The number of carbonyl (C=O) groups excluding carboxylic acids is 2. The maximum absolute atomic E-state index is 12.9. The molecular formula is C35H44N2O4. The molecule has 0 aliphatic rings. The third kappa shape index (κ3) is 9.61. The number of ketones is 1. The zero-order valence-corrected chi connectivity index (χ0v) is 24.9. The largest absolute Gasteiger partial charge is 0.457 e. The SMILES string of the molecule is C=c1ccc(C(=O)NCCO)c(C)/c1=C/N(C)CC(CCC)CCCC(=O)c1ccc(Oc2ccc(C)cc2)cc1. The molecule has 2 N–H and O–H groups in total. The molecular weight excluding hydrogens is 512 g/mol. The normalized spacial score (nSPS) is 12.2. The van der Waals surface area contributed by atoms with Gasteiger partial charge in [0.25, 0.3) is 5.91 Å². The van der Waals surface area contributed by atoms with Crippen LogP contribution < -0.4 is 20.5 Å². The van der Waals surface area contributed by atoms with Crippen LogP contribution in [-0.2, 0) is 0 Å². The fourth-order valence-electron chi connectivity index (χ4n) is 5.04. The first-order valence-corrected chi connectivity index (χ1v) is 14.5. The van der Waals surface area contributed by atoms with Crippen LogP contribution in [0, 0.1) is 19.8 Å². The highest BCUT2D eigenvalue weighted by molar-refractivity contribution is 5.96. The molecule has 0 saturated carbocycles. The topological polar surface area (TPSA) is 78.9 Å².